The molecular formula is C13H16N2S. The fourth-order valence-electron chi connectivity index (χ4n) is 1.60. The molecule has 2 nitrogen and oxygen atoms in total. The van der Waals surface area contributed by atoms with Gasteiger partial charge in [-0.3, -0.25) is 4.98 Å². The van der Waals surface area contributed by atoms with Gasteiger partial charge in [0.2, 0.25) is 0 Å². The van der Waals surface area contributed by atoms with Crippen molar-refractivity contribution in [1.29, 1.82) is 0 Å². The summed E-state index contributed by atoms with van der Waals surface area (Å²) in [5, 5.41) is 3.51. The van der Waals surface area contributed by atoms with Crippen molar-refractivity contribution in [2.45, 2.75) is 26.4 Å². The highest BCUT2D eigenvalue weighted by molar-refractivity contribution is 7.11. The lowest BCUT2D eigenvalue weighted by Gasteiger charge is -2.12. The maximum absolute atomic E-state index is 4.02. The minimum absolute atomic E-state index is 0.366. The summed E-state index contributed by atoms with van der Waals surface area (Å²) < 4.78 is 0. The van der Waals surface area contributed by atoms with Gasteiger partial charge in [-0.15, -0.1) is 11.3 Å². The molecule has 0 saturated heterocycles. The molecule has 2 aromatic rings. The molecule has 0 aliphatic carbocycles. The van der Waals surface area contributed by atoms with E-state index < -0.39 is 0 Å². The Morgan fingerprint density at radius 1 is 1.25 bits per heavy atom. The average Bonchev–Trinajstić information content (AvgIpc) is 2.73. The molecule has 0 aliphatic rings. The van der Waals surface area contributed by atoms with Gasteiger partial charge in [0.1, 0.15) is 0 Å². The van der Waals surface area contributed by atoms with Crippen LogP contribution in [0.15, 0.2) is 36.7 Å². The van der Waals surface area contributed by atoms with Gasteiger partial charge in [0, 0.05) is 34.7 Å². The minimum atomic E-state index is 0.366. The highest BCUT2D eigenvalue weighted by Gasteiger charge is 2.04. The lowest BCUT2D eigenvalue weighted by molar-refractivity contribution is 0.578. The molecule has 0 amide bonds. The van der Waals surface area contributed by atoms with E-state index in [1.165, 1.54) is 15.3 Å². The van der Waals surface area contributed by atoms with E-state index in [2.05, 4.69) is 48.4 Å². The van der Waals surface area contributed by atoms with E-state index in [9.17, 15) is 0 Å². The fourth-order valence-corrected chi connectivity index (χ4v) is 2.45. The van der Waals surface area contributed by atoms with Gasteiger partial charge in [0.15, 0.2) is 0 Å². The molecule has 0 aromatic carbocycles. The molecule has 0 saturated carbocycles. The number of aryl methyl sites for hydroxylation is 1. The Balaban J connectivity index is 1.91. The minimum Gasteiger partial charge on any atom is -0.305 e. The lowest BCUT2D eigenvalue weighted by atomic mass is 10.1. The van der Waals surface area contributed by atoms with Crippen molar-refractivity contribution in [3.05, 3.63) is 52.0 Å². The van der Waals surface area contributed by atoms with Crippen LogP contribution in [0.4, 0.5) is 0 Å². The Bertz CT molecular complexity index is 436. The van der Waals surface area contributed by atoms with E-state index in [-0.39, 0.29) is 0 Å². The zero-order valence-corrected chi connectivity index (χ0v) is 10.4. The van der Waals surface area contributed by atoms with E-state index in [0.29, 0.717) is 6.04 Å². The molecule has 0 fully saturated rings. The Kier molecular flexibility index (Phi) is 3.70. The summed E-state index contributed by atoms with van der Waals surface area (Å²) >= 11 is 1.85. The van der Waals surface area contributed by atoms with Crippen molar-refractivity contribution < 1.29 is 0 Å². The zero-order valence-electron chi connectivity index (χ0n) is 9.60. The van der Waals surface area contributed by atoms with Crippen LogP contribution < -0.4 is 5.32 Å². The number of aromatic nitrogens is 1. The van der Waals surface area contributed by atoms with Crippen molar-refractivity contribution >= 4 is 11.3 Å². The number of hydrogen-bond donors (Lipinski definition) is 1. The molecule has 2 heterocycles. The van der Waals surface area contributed by atoms with E-state index >= 15 is 0 Å². The quantitative estimate of drug-likeness (QED) is 0.875. The average molecular weight is 232 g/mol. The van der Waals surface area contributed by atoms with Crippen molar-refractivity contribution in [2.24, 2.45) is 0 Å². The summed E-state index contributed by atoms with van der Waals surface area (Å²) in [6.45, 7) is 5.25. The molecule has 1 N–H and O–H groups in total. The maximum atomic E-state index is 4.02. The Hall–Kier alpha value is -1.19. The van der Waals surface area contributed by atoms with Gasteiger partial charge in [0.05, 0.1) is 0 Å². The first kappa shape index (κ1) is 11.3. The Labute approximate surface area is 100 Å². The van der Waals surface area contributed by atoms with Crippen LogP contribution in [0.3, 0.4) is 0 Å². The molecule has 0 spiro atoms. The molecular weight excluding hydrogens is 216 g/mol. The van der Waals surface area contributed by atoms with E-state index in [4.69, 9.17) is 0 Å². The molecule has 0 aliphatic heterocycles. The third-order valence-corrected chi connectivity index (χ3v) is 3.59. The van der Waals surface area contributed by atoms with E-state index in [1.807, 2.05) is 23.7 Å². The summed E-state index contributed by atoms with van der Waals surface area (Å²) in [4.78, 5) is 6.78. The van der Waals surface area contributed by atoms with Gasteiger partial charge in [-0.05, 0) is 43.7 Å². The highest BCUT2D eigenvalue weighted by Crippen LogP contribution is 2.17. The van der Waals surface area contributed by atoms with Crippen LogP contribution in [-0.4, -0.2) is 4.98 Å². The fraction of sp³-hybridized carbons (Fsp3) is 0.308. The smallest absolute Gasteiger partial charge is 0.0305 e. The maximum Gasteiger partial charge on any atom is 0.0305 e. The second kappa shape index (κ2) is 5.23. The van der Waals surface area contributed by atoms with Crippen LogP contribution >= 0.6 is 11.3 Å². The van der Waals surface area contributed by atoms with Crippen molar-refractivity contribution in [3.8, 4) is 0 Å². The normalized spacial score (nSPS) is 12.6. The van der Waals surface area contributed by atoms with Crippen molar-refractivity contribution in [3.63, 3.8) is 0 Å². The zero-order chi connectivity index (χ0) is 11.4. The van der Waals surface area contributed by atoms with Crippen LogP contribution in [0.5, 0.6) is 0 Å². The second-order valence-electron chi connectivity index (χ2n) is 3.90. The Morgan fingerprint density at radius 3 is 2.62 bits per heavy atom. The number of pyridine rings is 1. The first-order valence-corrected chi connectivity index (χ1v) is 6.26. The summed E-state index contributed by atoms with van der Waals surface area (Å²) in [6, 6.07) is 8.82. The van der Waals surface area contributed by atoms with E-state index in [0.717, 1.165) is 6.54 Å². The number of nitrogens with one attached hydrogen (secondary N) is 1. The van der Waals surface area contributed by atoms with Crippen LogP contribution in [0.2, 0.25) is 0 Å². The number of rotatable bonds is 4. The topological polar surface area (TPSA) is 24.9 Å². The third-order valence-electron chi connectivity index (χ3n) is 2.58. The molecule has 1 atom stereocenters. The molecule has 0 radical (unpaired) electrons. The first-order valence-electron chi connectivity index (χ1n) is 5.44. The van der Waals surface area contributed by atoms with Gasteiger partial charge >= 0.3 is 0 Å². The summed E-state index contributed by atoms with van der Waals surface area (Å²) in [5.41, 5.74) is 1.28. The molecule has 16 heavy (non-hydrogen) atoms. The summed E-state index contributed by atoms with van der Waals surface area (Å²) in [5.74, 6) is 0. The van der Waals surface area contributed by atoms with Gasteiger partial charge in [0.25, 0.3) is 0 Å². The van der Waals surface area contributed by atoms with Crippen LogP contribution in [0.25, 0.3) is 0 Å². The van der Waals surface area contributed by atoms with Gasteiger partial charge < -0.3 is 5.32 Å². The molecule has 84 valence electrons. The predicted molar refractivity (Wildman–Crippen MR) is 68.5 cm³/mol. The Morgan fingerprint density at radius 2 is 2.00 bits per heavy atom. The molecule has 2 aromatic heterocycles. The van der Waals surface area contributed by atoms with Gasteiger partial charge in [-0.2, -0.15) is 0 Å². The number of nitrogens with zero attached hydrogens (tertiary/aromatic N) is 1. The summed E-state index contributed by atoms with van der Waals surface area (Å²) in [6.07, 6.45) is 3.67. The molecule has 3 heteroatoms. The van der Waals surface area contributed by atoms with Crippen molar-refractivity contribution in [2.75, 3.05) is 0 Å². The van der Waals surface area contributed by atoms with Gasteiger partial charge in [-0.25, -0.2) is 0 Å². The van der Waals surface area contributed by atoms with Crippen LogP contribution in [0, 0.1) is 6.92 Å². The van der Waals surface area contributed by atoms with Crippen molar-refractivity contribution in [1.82, 2.24) is 10.3 Å². The van der Waals surface area contributed by atoms with Crippen LogP contribution in [-0.2, 0) is 6.54 Å². The lowest BCUT2D eigenvalue weighted by Crippen LogP contribution is -2.17. The molecule has 2 rings (SSSR count). The number of hydrogen-bond acceptors (Lipinski definition) is 3. The molecule has 0 bridgehead atoms. The second-order valence-corrected chi connectivity index (χ2v) is 5.27. The first-order chi connectivity index (χ1) is 7.75. The highest BCUT2D eigenvalue weighted by atomic mass is 32.1. The monoisotopic (exact) mass is 232 g/mol. The van der Waals surface area contributed by atoms with E-state index in [1.54, 1.807) is 0 Å². The number of thiophene rings is 1. The largest absolute Gasteiger partial charge is 0.305 e. The van der Waals surface area contributed by atoms with Gasteiger partial charge in [-0.1, -0.05) is 0 Å². The third kappa shape index (κ3) is 2.90. The molecule has 0 unspecified atom stereocenters. The predicted octanol–water partition coefficient (Wildman–Crippen LogP) is 3.30. The summed E-state index contributed by atoms with van der Waals surface area (Å²) in [7, 11) is 0. The standard InChI is InChI=1S/C13H16N2S/c1-10-3-4-13(16-10)9-15-11(2)12-5-7-14-8-6-12/h3-8,11,15H,9H2,1-2H3/t11-/m0/s1. The van der Waals surface area contributed by atoms with Crippen LogP contribution in [0.1, 0.15) is 28.3 Å². The SMILES string of the molecule is Cc1ccc(CN[C@@H](C)c2ccncc2)s1.